The SMILES string of the molecule is CC1OCCN(C(=O)C2CNCCO2)C1C. The molecule has 3 atom stereocenters. The number of nitrogens with zero attached hydrogens (tertiary/aromatic N) is 1. The first-order chi connectivity index (χ1) is 7.70. The van der Waals surface area contributed by atoms with E-state index >= 15 is 0 Å². The van der Waals surface area contributed by atoms with E-state index in [1.807, 2.05) is 18.7 Å². The fourth-order valence-corrected chi connectivity index (χ4v) is 2.15. The summed E-state index contributed by atoms with van der Waals surface area (Å²) in [5, 5.41) is 3.18. The summed E-state index contributed by atoms with van der Waals surface area (Å²) >= 11 is 0. The fraction of sp³-hybridized carbons (Fsp3) is 0.909. The van der Waals surface area contributed by atoms with Crippen molar-refractivity contribution in [1.82, 2.24) is 10.2 Å². The van der Waals surface area contributed by atoms with Gasteiger partial charge in [-0.25, -0.2) is 0 Å². The second kappa shape index (κ2) is 5.12. The first kappa shape index (κ1) is 11.8. The monoisotopic (exact) mass is 228 g/mol. The number of hydrogen-bond acceptors (Lipinski definition) is 4. The van der Waals surface area contributed by atoms with Gasteiger partial charge in [0.05, 0.1) is 25.4 Å². The summed E-state index contributed by atoms with van der Waals surface area (Å²) in [6.07, 6.45) is -0.212. The molecule has 5 nitrogen and oxygen atoms in total. The van der Waals surface area contributed by atoms with Crippen LogP contribution < -0.4 is 5.32 Å². The van der Waals surface area contributed by atoms with Crippen molar-refractivity contribution in [2.45, 2.75) is 32.1 Å². The average Bonchev–Trinajstić information content (AvgIpc) is 2.33. The second-order valence-electron chi connectivity index (χ2n) is 4.41. The fourth-order valence-electron chi connectivity index (χ4n) is 2.15. The molecular formula is C11H20N2O3. The van der Waals surface area contributed by atoms with Gasteiger partial charge in [0.1, 0.15) is 6.10 Å². The number of amides is 1. The van der Waals surface area contributed by atoms with Gasteiger partial charge in [0.2, 0.25) is 0 Å². The number of hydrogen-bond donors (Lipinski definition) is 1. The Hall–Kier alpha value is -0.650. The predicted molar refractivity (Wildman–Crippen MR) is 59.2 cm³/mol. The molecule has 92 valence electrons. The minimum atomic E-state index is -0.318. The summed E-state index contributed by atoms with van der Waals surface area (Å²) in [6.45, 7) is 7.39. The Bertz CT molecular complexity index is 254. The molecule has 16 heavy (non-hydrogen) atoms. The molecule has 2 aliphatic heterocycles. The summed E-state index contributed by atoms with van der Waals surface area (Å²) in [7, 11) is 0. The number of ether oxygens (including phenoxy) is 2. The highest BCUT2D eigenvalue weighted by atomic mass is 16.5. The van der Waals surface area contributed by atoms with Crippen molar-refractivity contribution < 1.29 is 14.3 Å². The Labute approximate surface area is 96.1 Å². The number of nitrogens with one attached hydrogen (secondary N) is 1. The molecule has 0 aromatic carbocycles. The highest BCUT2D eigenvalue weighted by Gasteiger charge is 2.34. The largest absolute Gasteiger partial charge is 0.375 e. The standard InChI is InChI=1S/C11H20N2O3/c1-8-9(2)15-6-4-13(8)11(14)10-7-12-3-5-16-10/h8-10,12H,3-7H2,1-2H3. The van der Waals surface area contributed by atoms with Crippen LogP contribution in [0.2, 0.25) is 0 Å². The topological polar surface area (TPSA) is 50.8 Å². The maximum Gasteiger partial charge on any atom is 0.253 e. The van der Waals surface area contributed by atoms with Gasteiger partial charge in [0.25, 0.3) is 5.91 Å². The van der Waals surface area contributed by atoms with Crippen LogP contribution in [0.5, 0.6) is 0 Å². The van der Waals surface area contributed by atoms with E-state index in [0.29, 0.717) is 26.3 Å². The molecule has 0 spiro atoms. The van der Waals surface area contributed by atoms with Crippen molar-refractivity contribution in [2.75, 3.05) is 32.8 Å². The lowest BCUT2D eigenvalue weighted by molar-refractivity contribution is -0.157. The Kier molecular flexibility index (Phi) is 3.78. The molecule has 0 saturated carbocycles. The van der Waals surface area contributed by atoms with Crippen LogP contribution in [0, 0.1) is 0 Å². The molecule has 0 bridgehead atoms. The zero-order valence-corrected chi connectivity index (χ0v) is 9.94. The van der Waals surface area contributed by atoms with Crippen LogP contribution in [0.1, 0.15) is 13.8 Å². The van der Waals surface area contributed by atoms with E-state index in [1.165, 1.54) is 0 Å². The van der Waals surface area contributed by atoms with Crippen LogP contribution in [0.3, 0.4) is 0 Å². The third-order valence-electron chi connectivity index (χ3n) is 3.37. The smallest absolute Gasteiger partial charge is 0.253 e. The molecule has 0 aromatic heterocycles. The van der Waals surface area contributed by atoms with Gasteiger partial charge in [-0.3, -0.25) is 4.79 Å². The minimum absolute atomic E-state index is 0.0925. The molecule has 2 fully saturated rings. The highest BCUT2D eigenvalue weighted by Crippen LogP contribution is 2.15. The van der Waals surface area contributed by atoms with Gasteiger partial charge in [-0.2, -0.15) is 0 Å². The number of morpholine rings is 2. The lowest BCUT2D eigenvalue weighted by Crippen LogP contribution is -2.57. The average molecular weight is 228 g/mol. The highest BCUT2D eigenvalue weighted by molar-refractivity contribution is 5.81. The molecule has 5 heteroatoms. The van der Waals surface area contributed by atoms with E-state index in [-0.39, 0.29) is 24.2 Å². The number of carbonyl (C=O) groups excluding carboxylic acids is 1. The van der Waals surface area contributed by atoms with E-state index in [9.17, 15) is 4.79 Å². The summed E-state index contributed by atoms with van der Waals surface area (Å²) < 4.78 is 11.0. The minimum Gasteiger partial charge on any atom is -0.375 e. The van der Waals surface area contributed by atoms with Crippen LogP contribution in [0.15, 0.2) is 0 Å². The van der Waals surface area contributed by atoms with Crippen molar-refractivity contribution in [2.24, 2.45) is 0 Å². The maximum absolute atomic E-state index is 12.2. The third kappa shape index (κ3) is 2.36. The summed E-state index contributed by atoms with van der Waals surface area (Å²) in [6, 6.07) is 0.131. The van der Waals surface area contributed by atoms with Crippen molar-refractivity contribution in [3.63, 3.8) is 0 Å². The van der Waals surface area contributed by atoms with E-state index in [0.717, 1.165) is 6.54 Å². The lowest BCUT2D eigenvalue weighted by Gasteiger charge is -2.40. The van der Waals surface area contributed by atoms with E-state index in [2.05, 4.69) is 5.32 Å². The molecule has 2 saturated heterocycles. The van der Waals surface area contributed by atoms with Crippen molar-refractivity contribution in [3.05, 3.63) is 0 Å². The van der Waals surface area contributed by atoms with Gasteiger partial charge < -0.3 is 19.7 Å². The summed E-state index contributed by atoms with van der Waals surface area (Å²) in [5.41, 5.74) is 0. The summed E-state index contributed by atoms with van der Waals surface area (Å²) in [5.74, 6) is 0.0925. The summed E-state index contributed by atoms with van der Waals surface area (Å²) in [4.78, 5) is 14.1. The Morgan fingerprint density at radius 1 is 1.31 bits per heavy atom. The van der Waals surface area contributed by atoms with Crippen LogP contribution in [0.25, 0.3) is 0 Å². The lowest BCUT2D eigenvalue weighted by atomic mass is 10.1. The normalized spacial score (nSPS) is 36.1. The zero-order valence-electron chi connectivity index (χ0n) is 9.94. The number of rotatable bonds is 1. The van der Waals surface area contributed by atoms with Gasteiger partial charge in [-0.15, -0.1) is 0 Å². The molecule has 0 radical (unpaired) electrons. The van der Waals surface area contributed by atoms with Crippen molar-refractivity contribution in [3.8, 4) is 0 Å². The molecule has 0 aliphatic carbocycles. The van der Waals surface area contributed by atoms with Gasteiger partial charge in [-0.05, 0) is 13.8 Å². The van der Waals surface area contributed by atoms with E-state index in [4.69, 9.17) is 9.47 Å². The van der Waals surface area contributed by atoms with Crippen molar-refractivity contribution >= 4 is 5.91 Å². The molecule has 2 heterocycles. The molecule has 1 amide bonds. The van der Waals surface area contributed by atoms with Crippen LogP contribution in [-0.2, 0) is 14.3 Å². The maximum atomic E-state index is 12.2. The van der Waals surface area contributed by atoms with E-state index < -0.39 is 0 Å². The van der Waals surface area contributed by atoms with Gasteiger partial charge in [0, 0.05) is 19.6 Å². The molecule has 2 rings (SSSR count). The molecule has 2 aliphatic rings. The van der Waals surface area contributed by atoms with Crippen LogP contribution >= 0.6 is 0 Å². The number of carbonyl (C=O) groups is 1. The van der Waals surface area contributed by atoms with Crippen molar-refractivity contribution in [1.29, 1.82) is 0 Å². The predicted octanol–water partition coefficient (Wildman–Crippen LogP) is -0.389. The quantitative estimate of drug-likeness (QED) is 0.664. The molecule has 3 unspecified atom stereocenters. The third-order valence-corrected chi connectivity index (χ3v) is 3.37. The first-order valence-corrected chi connectivity index (χ1v) is 5.94. The Morgan fingerprint density at radius 3 is 2.81 bits per heavy atom. The van der Waals surface area contributed by atoms with Crippen LogP contribution in [-0.4, -0.2) is 61.9 Å². The first-order valence-electron chi connectivity index (χ1n) is 5.94. The van der Waals surface area contributed by atoms with Gasteiger partial charge >= 0.3 is 0 Å². The van der Waals surface area contributed by atoms with Gasteiger partial charge in [0.15, 0.2) is 0 Å². The van der Waals surface area contributed by atoms with E-state index in [1.54, 1.807) is 0 Å². The molecular weight excluding hydrogens is 208 g/mol. The molecule has 1 N–H and O–H groups in total. The van der Waals surface area contributed by atoms with Crippen LogP contribution in [0.4, 0.5) is 0 Å². The Morgan fingerprint density at radius 2 is 2.12 bits per heavy atom. The second-order valence-corrected chi connectivity index (χ2v) is 4.41. The zero-order chi connectivity index (χ0) is 11.5. The Balaban J connectivity index is 1.96. The molecule has 0 aromatic rings. The van der Waals surface area contributed by atoms with Gasteiger partial charge in [-0.1, -0.05) is 0 Å².